The summed E-state index contributed by atoms with van der Waals surface area (Å²) < 4.78 is 0. The number of likely N-dealkylation sites (tertiary alicyclic amines) is 1. The molecular formula is C21H26ClN3. The lowest BCUT2D eigenvalue weighted by atomic mass is 9.89. The minimum absolute atomic E-state index is 0.447. The summed E-state index contributed by atoms with van der Waals surface area (Å²) in [6.45, 7) is 6.67. The molecule has 0 amide bonds. The lowest BCUT2D eigenvalue weighted by Gasteiger charge is -2.40. The van der Waals surface area contributed by atoms with Gasteiger partial charge in [0, 0.05) is 47.1 Å². The number of aryl methyl sites for hydroxylation is 1. The average Bonchev–Trinajstić information content (AvgIpc) is 2.90. The van der Waals surface area contributed by atoms with Crippen molar-refractivity contribution in [1.29, 1.82) is 0 Å². The predicted molar refractivity (Wildman–Crippen MR) is 105 cm³/mol. The summed E-state index contributed by atoms with van der Waals surface area (Å²) in [6, 6.07) is 11.8. The van der Waals surface area contributed by atoms with Gasteiger partial charge in [0.05, 0.1) is 0 Å². The summed E-state index contributed by atoms with van der Waals surface area (Å²) in [5.74, 6) is 0.561. The van der Waals surface area contributed by atoms with Crippen LogP contribution in [0.2, 0.25) is 5.02 Å². The molecule has 4 rings (SSSR count). The zero-order valence-electron chi connectivity index (χ0n) is 15.2. The third-order valence-corrected chi connectivity index (χ3v) is 6.02. The molecule has 2 aliphatic heterocycles. The predicted octanol–water partition coefficient (Wildman–Crippen LogP) is 4.28. The van der Waals surface area contributed by atoms with Gasteiger partial charge in [-0.25, -0.2) is 0 Å². The monoisotopic (exact) mass is 355 g/mol. The number of rotatable bonds is 3. The third kappa shape index (κ3) is 3.16. The van der Waals surface area contributed by atoms with Crippen molar-refractivity contribution < 1.29 is 0 Å². The van der Waals surface area contributed by atoms with Crippen LogP contribution in [0.4, 0.5) is 5.69 Å². The first-order valence-corrected chi connectivity index (χ1v) is 9.58. The molecule has 2 aliphatic rings. The number of hydrogen-bond donors (Lipinski definition) is 0. The van der Waals surface area contributed by atoms with Crippen LogP contribution >= 0.6 is 11.6 Å². The highest BCUT2D eigenvalue weighted by Gasteiger charge is 2.42. The first-order valence-electron chi connectivity index (χ1n) is 9.21. The zero-order valence-corrected chi connectivity index (χ0v) is 16.0. The van der Waals surface area contributed by atoms with E-state index in [4.69, 9.17) is 11.6 Å². The summed E-state index contributed by atoms with van der Waals surface area (Å²) in [5, 5.41) is 0.850. The maximum atomic E-state index is 6.32. The Kier molecular flexibility index (Phi) is 4.47. The highest BCUT2D eigenvalue weighted by atomic mass is 35.5. The van der Waals surface area contributed by atoms with E-state index < -0.39 is 0 Å². The van der Waals surface area contributed by atoms with Crippen LogP contribution < -0.4 is 4.90 Å². The lowest BCUT2D eigenvalue weighted by molar-refractivity contribution is 0.227. The van der Waals surface area contributed by atoms with E-state index in [1.807, 2.05) is 19.2 Å². The van der Waals surface area contributed by atoms with E-state index in [0.717, 1.165) is 30.2 Å². The molecule has 1 saturated heterocycles. The maximum absolute atomic E-state index is 6.32. The number of fused-ring (bicyclic) bond motifs is 3. The number of nitrogens with zero attached hydrogens (tertiary/aromatic N) is 3. The van der Waals surface area contributed by atoms with Gasteiger partial charge in [0.2, 0.25) is 0 Å². The highest BCUT2D eigenvalue weighted by Crippen LogP contribution is 2.46. The second kappa shape index (κ2) is 6.62. The summed E-state index contributed by atoms with van der Waals surface area (Å²) >= 11 is 6.32. The summed E-state index contributed by atoms with van der Waals surface area (Å²) in [7, 11) is 2.23. The van der Waals surface area contributed by atoms with E-state index >= 15 is 0 Å². The lowest BCUT2D eigenvalue weighted by Crippen LogP contribution is -2.48. The second-order valence-corrected chi connectivity index (χ2v) is 8.13. The number of piperidine rings is 1. The molecule has 3 nitrogen and oxygen atoms in total. The zero-order chi connectivity index (χ0) is 17.6. The fourth-order valence-corrected chi connectivity index (χ4v) is 4.78. The molecule has 1 fully saturated rings. The van der Waals surface area contributed by atoms with Gasteiger partial charge in [-0.2, -0.15) is 0 Å². The fourth-order valence-electron chi connectivity index (χ4n) is 4.60. The Hall–Kier alpha value is -1.58. The molecular weight excluding hydrogens is 330 g/mol. The first-order chi connectivity index (χ1) is 12.0. The molecule has 4 heteroatoms. The standard InChI is InChI=1S/C21H26ClN3/c1-14-4-5-16(12-23-14)10-15(2)25-20-7-6-17(22)11-18(20)19-13-24(3)9-8-21(19)25/h4-7,11-12,15,19,21H,8-10,13H2,1-3H3/t15-,19?,21?/m1/s1. The summed E-state index contributed by atoms with van der Waals surface area (Å²) in [4.78, 5) is 9.57. The molecule has 0 bridgehead atoms. The van der Waals surface area contributed by atoms with Crippen LogP contribution in [-0.4, -0.2) is 42.1 Å². The topological polar surface area (TPSA) is 19.4 Å². The quantitative estimate of drug-likeness (QED) is 0.819. The van der Waals surface area contributed by atoms with Gasteiger partial charge < -0.3 is 9.80 Å². The molecule has 2 unspecified atom stereocenters. The van der Waals surface area contributed by atoms with E-state index in [9.17, 15) is 0 Å². The van der Waals surface area contributed by atoms with Gasteiger partial charge in [0.15, 0.2) is 0 Å². The van der Waals surface area contributed by atoms with Gasteiger partial charge in [-0.05, 0) is 75.7 Å². The number of pyridine rings is 1. The van der Waals surface area contributed by atoms with Crippen LogP contribution in [0.25, 0.3) is 0 Å². The molecule has 3 heterocycles. The maximum Gasteiger partial charge on any atom is 0.0410 e. The van der Waals surface area contributed by atoms with Crippen LogP contribution in [-0.2, 0) is 6.42 Å². The van der Waals surface area contributed by atoms with E-state index in [0.29, 0.717) is 18.0 Å². The fraction of sp³-hybridized carbons (Fsp3) is 0.476. The molecule has 0 aliphatic carbocycles. The molecule has 1 aromatic heterocycles. The molecule has 2 aromatic rings. The molecule has 132 valence electrons. The van der Waals surface area contributed by atoms with E-state index in [1.54, 1.807) is 0 Å². The number of likely N-dealkylation sites (N-methyl/N-ethyl adjacent to an activating group) is 1. The molecule has 0 N–H and O–H groups in total. The Labute approximate surface area is 155 Å². The van der Waals surface area contributed by atoms with Crippen molar-refractivity contribution in [1.82, 2.24) is 9.88 Å². The number of halogens is 1. The van der Waals surface area contributed by atoms with Crippen LogP contribution in [0.5, 0.6) is 0 Å². The summed E-state index contributed by atoms with van der Waals surface area (Å²) in [6.07, 6.45) is 4.26. The number of anilines is 1. The van der Waals surface area contributed by atoms with Crippen molar-refractivity contribution in [2.45, 2.75) is 44.7 Å². The minimum Gasteiger partial charge on any atom is -0.365 e. The van der Waals surface area contributed by atoms with Crippen LogP contribution in [0, 0.1) is 6.92 Å². The van der Waals surface area contributed by atoms with Crippen LogP contribution in [0.15, 0.2) is 36.5 Å². The minimum atomic E-state index is 0.447. The third-order valence-electron chi connectivity index (χ3n) is 5.78. The number of benzene rings is 1. The SMILES string of the molecule is Cc1ccc(C[C@@H](C)N2c3ccc(Cl)cc3C3CN(C)CCC32)cn1. The van der Waals surface area contributed by atoms with Crippen molar-refractivity contribution in [3.63, 3.8) is 0 Å². The van der Waals surface area contributed by atoms with Crippen LogP contribution in [0.3, 0.4) is 0 Å². The molecule has 0 spiro atoms. The first kappa shape index (κ1) is 16.9. The Morgan fingerprint density at radius 2 is 2.12 bits per heavy atom. The van der Waals surface area contributed by atoms with Gasteiger partial charge in [0.1, 0.15) is 0 Å². The van der Waals surface area contributed by atoms with Gasteiger partial charge in [-0.3, -0.25) is 4.98 Å². The van der Waals surface area contributed by atoms with Crippen molar-refractivity contribution in [2.75, 3.05) is 25.0 Å². The molecule has 0 saturated carbocycles. The van der Waals surface area contributed by atoms with Gasteiger partial charge in [-0.1, -0.05) is 17.7 Å². The second-order valence-electron chi connectivity index (χ2n) is 7.70. The number of hydrogen-bond acceptors (Lipinski definition) is 3. The van der Waals surface area contributed by atoms with Crippen molar-refractivity contribution in [3.8, 4) is 0 Å². The summed E-state index contributed by atoms with van der Waals surface area (Å²) in [5.41, 5.74) is 5.19. The Morgan fingerprint density at radius 3 is 2.88 bits per heavy atom. The van der Waals surface area contributed by atoms with Crippen molar-refractivity contribution >= 4 is 17.3 Å². The highest BCUT2D eigenvalue weighted by molar-refractivity contribution is 6.30. The van der Waals surface area contributed by atoms with Crippen molar-refractivity contribution in [3.05, 3.63) is 58.4 Å². The Balaban J connectivity index is 1.65. The molecule has 25 heavy (non-hydrogen) atoms. The van der Waals surface area contributed by atoms with E-state index in [1.165, 1.54) is 23.2 Å². The Morgan fingerprint density at radius 1 is 1.28 bits per heavy atom. The van der Waals surface area contributed by atoms with Crippen molar-refractivity contribution in [2.24, 2.45) is 0 Å². The average molecular weight is 356 g/mol. The van der Waals surface area contributed by atoms with Gasteiger partial charge in [0.25, 0.3) is 0 Å². The molecule has 0 radical (unpaired) electrons. The van der Waals surface area contributed by atoms with E-state index in [-0.39, 0.29) is 0 Å². The van der Waals surface area contributed by atoms with Crippen LogP contribution in [0.1, 0.15) is 36.1 Å². The normalized spacial score (nSPS) is 24.1. The number of aromatic nitrogens is 1. The Bertz CT molecular complexity index is 758. The van der Waals surface area contributed by atoms with E-state index in [2.05, 4.69) is 53.0 Å². The van der Waals surface area contributed by atoms with Gasteiger partial charge in [-0.15, -0.1) is 0 Å². The van der Waals surface area contributed by atoms with Gasteiger partial charge >= 0.3 is 0 Å². The smallest absolute Gasteiger partial charge is 0.0410 e. The molecule has 1 aromatic carbocycles. The molecule has 3 atom stereocenters. The largest absolute Gasteiger partial charge is 0.365 e.